The third-order valence-corrected chi connectivity index (χ3v) is 2.96. The smallest absolute Gasteiger partial charge is 0.311 e. The van der Waals surface area contributed by atoms with Crippen LogP contribution in [0.15, 0.2) is 42.5 Å². The predicted molar refractivity (Wildman–Crippen MR) is 74.5 cm³/mol. The van der Waals surface area contributed by atoms with E-state index in [1.807, 2.05) is 0 Å². The summed E-state index contributed by atoms with van der Waals surface area (Å²) in [6, 6.07) is 10.5. The summed E-state index contributed by atoms with van der Waals surface area (Å²) < 4.78 is 4.89. The minimum Gasteiger partial charge on any atom is -0.490 e. The fraction of sp³-hybridized carbons (Fsp3) is 0.0714. The van der Waals surface area contributed by atoms with Gasteiger partial charge in [0.1, 0.15) is 0 Å². The van der Waals surface area contributed by atoms with Gasteiger partial charge in [-0.3, -0.25) is 14.9 Å². The first-order valence-electron chi connectivity index (χ1n) is 5.65. The zero-order valence-corrected chi connectivity index (χ0v) is 11.3. The Hall–Kier alpha value is -2.40. The molecule has 6 heteroatoms. The molecule has 0 radical (unpaired) electrons. The Morgan fingerprint density at radius 1 is 1.20 bits per heavy atom. The van der Waals surface area contributed by atoms with Gasteiger partial charge in [-0.05, 0) is 24.3 Å². The number of hydrogen-bond acceptors (Lipinski definition) is 4. The van der Waals surface area contributed by atoms with Crippen molar-refractivity contribution < 1.29 is 14.5 Å². The van der Waals surface area contributed by atoms with Crippen molar-refractivity contribution in [1.82, 2.24) is 0 Å². The Labute approximate surface area is 119 Å². The molecule has 0 aliphatic rings. The van der Waals surface area contributed by atoms with Crippen LogP contribution in [0.3, 0.4) is 0 Å². The molecule has 0 atom stereocenters. The highest BCUT2D eigenvalue weighted by Gasteiger charge is 2.19. The van der Waals surface area contributed by atoms with Crippen LogP contribution in [0.2, 0.25) is 5.02 Å². The molecule has 102 valence electrons. The first kappa shape index (κ1) is 14.0. The summed E-state index contributed by atoms with van der Waals surface area (Å²) >= 11 is 5.83. The summed E-state index contributed by atoms with van der Waals surface area (Å²) in [4.78, 5) is 22.6. The molecule has 2 aromatic rings. The van der Waals surface area contributed by atoms with E-state index in [1.165, 1.54) is 31.4 Å². The SMILES string of the molecule is COc1ccc(C(=O)c2cccc(Cl)c2)cc1[N+](=O)[O-]. The van der Waals surface area contributed by atoms with Crippen LogP contribution in [0.25, 0.3) is 0 Å². The number of nitro groups is 1. The molecule has 2 rings (SSSR count). The summed E-state index contributed by atoms with van der Waals surface area (Å²) in [5.41, 5.74) is 0.331. The molecule has 0 aliphatic heterocycles. The van der Waals surface area contributed by atoms with Gasteiger partial charge in [0.05, 0.1) is 12.0 Å². The number of ether oxygens (including phenoxy) is 1. The number of methoxy groups -OCH3 is 1. The van der Waals surface area contributed by atoms with Crippen LogP contribution in [-0.2, 0) is 0 Å². The molecule has 0 aromatic heterocycles. The van der Waals surface area contributed by atoms with Crippen molar-refractivity contribution >= 4 is 23.1 Å². The second-order valence-electron chi connectivity index (χ2n) is 3.98. The number of ketones is 1. The van der Waals surface area contributed by atoms with Crippen LogP contribution >= 0.6 is 11.6 Å². The van der Waals surface area contributed by atoms with Crippen molar-refractivity contribution in [2.75, 3.05) is 7.11 Å². The molecular formula is C14H10ClNO4. The summed E-state index contributed by atoms with van der Waals surface area (Å²) in [6.45, 7) is 0. The predicted octanol–water partition coefficient (Wildman–Crippen LogP) is 3.49. The molecule has 0 unspecified atom stereocenters. The van der Waals surface area contributed by atoms with Crippen LogP contribution < -0.4 is 4.74 Å². The first-order chi connectivity index (χ1) is 9.52. The fourth-order valence-electron chi connectivity index (χ4n) is 1.77. The van der Waals surface area contributed by atoms with Gasteiger partial charge in [-0.1, -0.05) is 23.7 Å². The van der Waals surface area contributed by atoms with Gasteiger partial charge in [0.2, 0.25) is 0 Å². The van der Waals surface area contributed by atoms with Crippen molar-refractivity contribution in [1.29, 1.82) is 0 Å². The minimum atomic E-state index is -0.590. The number of halogens is 1. The number of hydrogen-bond donors (Lipinski definition) is 0. The maximum Gasteiger partial charge on any atom is 0.311 e. The molecule has 2 aromatic carbocycles. The maximum absolute atomic E-state index is 12.3. The van der Waals surface area contributed by atoms with Crippen LogP contribution in [0, 0.1) is 10.1 Å². The molecule has 0 aliphatic carbocycles. The third-order valence-electron chi connectivity index (χ3n) is 2.72. The third kappa shape index (κ3) is 2.78. The van der Waals surface area contributed by atoms with Gasteiger partial charge in [0.15, 0.2) is 11.5 Å². The van der Waals surface area contributed by atoms with E-state index in [0.717, 1.165) is 0 Å². The number of benzene rings is 2. The van der Waals surface area contributed by atoms with Crippen molar-refractivity contribution in [3.05, 3.63) is 68.7 Å². The highest BCUT2D eigenvalue weighted by Crippen LogP contribution is 2.28. The molecule has 0 N–H and O–H groups in total. The molecule has 0 heterocycles. The summed E-state index contributed by atoms with van der Waals surface area (Å²) in [5, 5.41) is 11.4. The van der Waals surface area contributed by atoms with Gasteiger partial charge in [-0.25, -0.2) is 0 Å². The highest BCUT2D eigenvalue weighted by atomic mass is 35.5. The van der Waals surface area contributed by atoms with Crippen molar-refractivity contribution in [2.24, 2.45) is 0 Å². The monoisotopic (exact) mass is 291 g/mol. The average Bonchev–Trinajstić information content (AvgIpc) is 2.45. The molecule has 0 saturated heterocycles. The van der Waals surface area contributed by atoms with Crippen molar-refractivity contribution in [3.8, 4) is 5.75 Å². The lowest BCUT2D eigenvalue weighted by molar-refractivity contribution is -0.385. The number of carbonyl (C=O) groups is 1. The Morgan fingerprint density at radius 3 is 2.50 bits per heavy atom. The molecule has 0 amide bonds. The van der Waals surface area contributed by atoms with E-state index in [-0.39, 0.29) is 22.8 Å². The van der Waals surface area contributed by atoms with E-state index in [1.54, 1.807) is 18.2 Å². The summed E-state index contributed by atoms with van der Waals surface area (Å²) in [6.07, 6.45) is 0. The largest absolute Gasteiger partial charge is 0.490 e. The van der Waals surface area contributed by atoms with Gasteiger partial charge >= 0.3 is 5.69 Å². The van der Waals surface area contributed by atoms with Crippen molar-refractivity contribution in [2.45, 2.75) is 0 Å². The zero-order valence-electron chi connectivity index (χ0n) is 10.5. The fourth-order valence-corrected chi connectivity index (χ4v) is 1.96. The Bertz CT molecular complexity index is 685. The van der Waals surface area contributed by atoms with E-state index in [9.17, 15) is 14.9 Å². The highest BCUT2D eigenvalue weighted by molar-refractivity contribution is 6.31. The van der Waals surface area contributed by atoms with Crippen LogP contribution in [0.5, 0.6) is 5.75 Å². The number of rotatable bonds is 4. The topological polar surface area (TPSA) is 69.4 Å². The van der Waals surface area contributed by atoms with Gasteiger partial charge in [0.25, 0.3) is 0 Å². The lowest BCUT2D eigenvalue weighted by Gasteiger charge is -2.05. The Balaban J connectivity index is 2.45. The molecule has 20 heavy (non-hydrogen) atoms. The number of carbonyl (C=O) groups excluding carboxylic acids is 1. The Morgan fingerprint density at radius 2 is 1.90 bits per heavy atom. The average molecular weight is 292 g/mol. The second-order valence-corrected chi connectivity index (χ2v) is 4.42. The summed E-state index contributed by atoms with van der Waals surface area (Å²) in [5.74, 6) is -0.226. The molecule has 5 nitrogen and oxygen atoms in total. The molecular weight excluding hydrogens is 282 g/mol. The van der Waals surface area contributed by atoms with Gasteiger partial charge in [0, 0.05) is 22.2 Å². The minimum absolute atomic E-state index is 0.109. The normalized spacial score (nSPS) is 10.1. The maximum atomic E-state index is 12.3. The summed E-state index contributed by atoms with van der Waals surface area (Å²) in [7, 11) is 1.33. The lowest BCUT2D eigenvalue weighted by atomic mass is 10.0. The van der Waals surface area contributed by atoms with Crippen molar-refractivity contribution in [3.63, 3.8) is 0 Å². The van der Waals surface area contributed by atoms with Crippen LogP contribution in [0.1, 0.15) is 15.9 Å². The van der Waals surface area contributed by atoms with Gasteiger partial charge < -0.3 is 4.74 Å². The molecule has 0 saturated carbocycles. The zero-order chi connectivity index (χ0) is 14.7. The number of nitro benzene ring substituents is 1. The van der Waals surface area contributed by atoms with Gasteiger partial charge in [-0.15, -0.1) is 0 Å². The molecule has 0 spiro atoms. The van der Waals surface area contributed by atoms with E-state index < -0.39 is 4.92 Å². The van der Waals surface area contributed by atoms with Crippen LogP contribution in [0.4, 0.5) is 5.69 Å². The Kier molecular flexibility index (Phi) is 4.00. The van der Waals surface area contributed by atoms with Gasteiger partial charge in [-0.2, -0.15) is 0 Å². The second kappa shape index (κ2) is 5.71. The van der Waals surface area contributed by atoms with E-state index in [2.05, 4.69) is 0 Å². The molecule has 0 fully saturated rings. The van der Waals surface area contributed by atoms with E-state index in [4.69, 9.17) is 16.3 Å². The quantitative estimate of drug-likeness (QED) is 0.491. The number of nitrogens with zero attached hydrogens (tertiary/aromatic N) is 1. The standard InChI is InChI=1S/C14H10ClNO4/c1-20-13-6-5-10(8-12(13)16(18)19)14(17)9-3-2-4-11(15)7-9/h2-8H,1H3. The molecule has 0 bridgehead atoms. The van der Waals surface area contributed by atoms with Crippen LogP contribution in [-0.4, -0.2) is 17.8 Å². The van der Waals surface area contributed by atoms with E-state index in [0.29, 0.717) is 10.6 Å². The first-order valence-corrected chi connectivity index (χ1v) is 6.03. The van der Waals surface area contributed by atoms with E-state index >= 15 is 0 Å². The lowest BCUT2D eigenvalue weighted by Crippen LogP contribution is -2.03.